The molecule has 13 heavy (non-hydrogen) atoms. The SMILES string of the molecule is COc1ccc(F)c([N+](=O)[O-])c1F. The lowest BCUT2D eigenvalue weighted by atomic mass is 10.3. The van der Waals surface area contributed by atoms with Crippen molar-refractivity contribution in [3.05, 3.63) is 33.9 Å². The van der Waals surface area contributed by atoms with Crippen molar-refractivity contribution in [2.75, 3.05) is 7.11 Å². The number of ether oxygens (including phenoxy) is 1. The maximum Gasteiger partial charge on any atom is 0.343 e. The van der Waals surface area contributed by atoms with Gasteiger partial charge < -0.3 is 4.74 Å². The Hall–Kier alpha value is -1.72. The fourth-order valence-corrected chi connectivity index (χ4v) is 0.847. The third-order valence-corrected chi connectivity index (χ3v) is 1.43. The largest absolute Gasteiger partial charge is 0.493 e. The van der Waals surface area contributed by atoms with Crippen LogP contribution < -0.4 is 4.74 Å². The average molecular weight is 189 g/mol. The minimum atomic E-state index is -1.30. The number of methoxy groups -OCH3 is 1. The molecule has 70 valence electrons. The molecule has 6 heteroatoms. The molecule has 0 saturated carbocycles. The summed E-state index contributed by atoms with van der Waals surface area (Å²) in [6.07, 6.45) is 0. The van der Waals surface area contributed by atoms with E-state index in [1.54, 1.807) is 0 Å². The number of hydrogen-bond donors (Lipinski definition) is 0. The number of nitro benzene ring substituents is 1. The molecule has 0 unspecified atom stereocenters. The summed E-state index contributed by atoms with van der Waals surface area (Å²) in [5.41, 5.74) is -1.20. The predicted octanol–water partition coefficient (Wildman–Crippen LogP) is 1.88. The highest BCUT2D eigenvalue weighted by Gasteiger charge is 2.24. The van der Waals surface area contributed by atoms with E-state index in [1.165, 1.54) is 0 Å². The Bertz CT molecular complexity index is 354. The van der Waals surface area contributed by atoms with E-state index in [0.29, 0.717) is 0 Å². The van der Waals surface area contributed by atoms with E-state index < -0.39 is 22.2 Å². The lowest BCUT2D eigenvalue weighted by Gasteiger charge is -2.01. The molecule has 0 heterocycles. The molecule has 0 radical (unpaired) electrons. The summed E-state index contributed by atoms with van der Waals surface area (Å²) >= 11 is 0. The molecule has 1 aromatic rings. The van der Waals surface area contributed by atoms with E-state index in [9.17, 15) is 18.9 Å². The highest BCUT2D eigenvalue weighted by Crippen LogP contribution is 2.28. The maximum atomic E-state index is 13.0. The molecular formula is C7H5F2NO3. The molecule has 0 aromatic heterocycles. The quantitative estimate of drug-likeness (QED) is 0.527. The number of halogens is 2. The predicted molar refractivity (Wildman–Crippen MR) is 39.6 cm³/mol. The molecule has 0 N–H and O–H groups in total. The first-order valence-electron chi connectivity index (χ1n) is 3.24. The van der Waals surface area contributed by atoms with Crippen LogP contribution in [0.4, 0.5) is 14.5 Å². The van der Waals surface area contributed by atoms with E-state index in [2.05, 4.69) is 4.74 Å². The third kappa shape index (κ3) is 1.56. The number of hydrogen-bond acceptors (Lipinski definition) is 3. The molecule has 0 fully saturated rings. The molecule has 1 aromatic carbocycles. The smallest absolute Gasteiger partial charge is 0.343 e. The molecule has 0 amide bonds. The lowest BCUT2D eigenvalue weighted by Crippen LogP contribution is -1.99. The molecule has 0 spiro atoms. The van der Waals surface area contributed by atoms with Crippen molar-refractivity contribution in [2.24, 2.45) is 0 Å². The second-order valence-corrected chi connectivity index (χ2v) is 2.17. The molecule has 4 nitrogen and oxygen atoms in total. The summed E-state index contributed by atoms with van der Waals surface area (Å²) in [7, 11) is 1.14. The van der Waals surface area contributed by atoms with Crippen molar-refractivity contribution in [2.45, 2.75) is 0 Å². The Kier molecular flexibility index (Phi) is 2.41. The van der Waals surface area contributed by atoms with Crippen molar-refractivity contribution >= 4 is 5.69 Å². The molecule has 0 bridgehead atoms. The van der Waals surface area contributed by atoms with Gasteiger partial charge in [0.1, 0.15) is 0 Å². The number of nitro groups is 1. The molecule has 0 saturated heterocycles. The topological polar surface area (TPSA) is 52.4 Å². The van der Waals surface area contributed by atoms with Gasteiger partial charge in [-0.1, -0.05) is 0 Å². The van der Waals surface area contributed by atoms with Crippen molar-refractivity contribution in [3.8, 4) is 5.75 Å². The van der Waals surface area contributed by atoms with Crippen LogP contribution in [0.2, 0.25) is 0 Å². The van der Waals surface area contributed by atoms with Crippen LogP contribution in [0.3, 0.4) is 0 Å². The van der Waals surface area contributed by atoms with E-state index in [0.717, 1.165) is 19.2 Å². The van der Waals surface area contributed by atoms with Gasteiger partial charge >= 0.3 is 5.69 Å². The summed E-state index contributed by atoms with van der Waals surface area (Å²) < 4.78 is 30.1. The zero-order valence-corrected chi connectivity index (χ0v) is 6.58. The number of rotatable bonds is 2. The average Bonchev–Trinajstić information content (AvgIpc) is 2.04. The van der Waals surface area contributed by atoms with Gasteiger partial charge in [-0.2, -0.15) is 8.78 Å². The van der Waals surface area contributed by atoms with E-state index >= 15 is 0 Å². The standard InChI is InChI=1S/C7H5F2NO3/c1-13-5-3-2-4(8)7(6(5)9)10(11)12/h2-3H,1H3. The van der Waals surface area contributed by atoms with E-state index in [-0.39, 0.29) is 5.75 Å². The van der Waals surface area contributed by atoms with Gasteiger partial charge in [-0.15, -0.1) is 0 Å². The van der Waals surface area contributed by atoms with E-state index in [4.69, 9.17) is 0 Å². The van der Waals surface area contributed by atoms with Crippen LogP contribution in [0.1, 0.15) is 0 Å². The fraction of sp³-hybridized carbons (Fsp3) is 0.143. The molecule has 0 atom stereocenters. The summed E-state index contributed by atoms with van der Waals surface area (Å²) in [6, 6.07) is 1.76. The lowest BCUT2D eigenvalue weighted by molar-refractivity contribution is -0.390. The summed E-state index contributed by atoms with van der Waals surface area (Å²) in [5, 5.41) is 10.2. The zero-order chi connectivity index (χ0) is 10.0. The third-order valence-electron chi connectivity index (χ3n) is 1.43. The van der Waals surface area contributed by atoms with Crippen LogP contribution in [0.5, 0.6) is 5.75 Å². The monoisotopic (exact) mass is 189 g/mol. The van der Waals surface area contributed by atoms with Crippen molar-refractivity contribution in [1.29, 1.82) is 0 Å². The summed E-state index contributed by atoms with van der Waals surface area (Å²) in [6.45, 7) is 0. The van der Waals surface area contributed by atoms with Gasteiger partial charge in [0.25, 0.3) is 0 Å². The van der Waals surface area contributed by atoms with Gasteiger partial charge in [0, 0.05) is 0 Å². The Morgan fingerprint density at radius 1 is 1.46 bits per heavy atom. The molecule has 0 aliphatic rings. The molecule has 0 aliphatic carbocycles. The number of benzene rings is 1. The second kappa shape index (κ2) is 3.34. The minimum Gasteiger partial charge on any atom is -0.493 e. The highest BCUT2D eigenvalue weighted by molar-refractivity contribution is 5.41. The van der Waals surface area contributed by atoms with Gasteiger partial charge in [-0.3, -0.25) is 10.1 Å². The van der Waals surface area contributed by atoms with E-state index in [1.807, 2.05) is 0 Å². The van der Waals surface area contributed by atoms with Gasteiger partial charge in [0.15, 0.2) is 5.75 Å². The van der Waals surface area contributed by atoms with Crippen LogP contribution in [-0.4, -0.2) is 12.0 Å². The van der Waals surface area contributed by atoms with Gasteiger partial charge in [-0.05, 0) is 12.1 Å². The van der Waals surface area contributed by atoms with Crippen molar-refractivity contribution in [3.63, 3.8) is 0 Å². The highest BCUT2D eigenvalue weighted by atomic mass is 19.1. The first kappa shape index (κ1) is 9.37. The van der Waals surface area contributed by atoms with Gasteiger partial charge in [0.05, 0.1) is 12.0 Å². The normalized spacial score (nSPS) is 9.77. The van der Waals surface area contributed by atoms with Crippen LogP contribution in [0.15, 0.2) is 12.1 Å². The van der Waals surface area contributed by atoms with Crippen LogP contribution in [-0.2, 0) is 0 Å². The van der Waals surface area contributed by atoms with Crippen LogP contribution in [0, 0.1) is 21.7 Å². The Labute approximate surface area is 71.9 Å². The summed E-state index contributed by atoms with van der Waals surface area (Å²) in [5.74, 6) is -2.87. The Balaban J connectivity index is 3.38. The first-order chi connectivity index (χ1) is 6.07. The van der Waals surface area contributed by atoms with Gasteiger partial charge in [0.2, 0.25) is 11.6 Å². The maximum absolute atomic E-state index is 13.0. The molecule has 0 aliphatic heterocycles. The Morgan fingerprint density at radius 2 is 2.08 bits per heavy atom. The molecular weight excluding hydrogens is 184 g/mol. The first-order valence-corrected chi connectivity index (χ1v) is 3.24. The minimum absolute atomic E-state index is 0.354. The number of nitrogens with zero attached hydrogens (tertiary/aromatic N) is 1. The summed E-state index contributed by atoms with van der Waals surface area (Å²) in [4.78, 5) is 9.05. The van der Waals surface area contributed by atoms with Crippen molar-refractivity contribution < 1.29 is 18.4 Å². The van der Waals surface area contributed by atoms with Crippen molar-refractivity contribution in [1.82, 2.24) is 0 Å². The van der Waals surface area contributed by atoms with Gasteiger partial charge in [-0.25, -0.2) is 0 Å². The molecule has 1 rings (SSSR count). The van der Waals surface area contributed by atoms with Crippen LogP contribution >= 0.6 is 0 Å². The zero-order valence-electron chi connectivity index (χ0n) is 6.58. The Morgan fingerprint density at radius 3 is 2.54 bits per heavy atom. The second-order valence-electron chi connectivity index (χ2n) is 2.17. The fourth-order valence-electron chi connectivity index (χ4n) is 0.847. The van der Waals surface area contributed by atoms with Crippen LogP contribution in [0.25, 0.3) is 0 Å².